The molecule has 5 rings (SSSR count). The molecular weight excluding hydrogens is 422 g/mol. The van der Waals surface area contributed by atoms with Crippen LogP contribution in [0, 0.1) is 13.8 Å². The Balaban J connectivity index is 1.13. The van der Waals surface area contributed by atoms with Crippen LogP contribution < -0.4 is 4.90 Å². The molecule has 3 aromatic rings. The molecule has 1 aromatic heterocycles. The summed E-state index contributed by atoms with van der Waals surface area (Å²) in [6.45, 7) is 9.92. The molecule has 176 valence electrons. The molecule has 0 aliphatic carbocycles. The van der Waals surface area contributed by atoms with Crippen molar-refractivity contribution >= 4 is 17.2 Å². The van der Waals surface area contributed by atoms with Gasteiger partial charge < -0.3 is 9.80 Å². The van der Waals surface area contributed by atoms with E-state index >= 15 is 0 Å². The van der Waals surface area contributed by atoms with Crippen LogP contribution in [0.15, 0.2) is 67.0 Å². The van der Waals surface area contributed by atoms with E-state index in [1.165, 1.54) is 22.4 Å². The van der Waals surface area contributed by atoms with Crippen molar-refractivity contribution in [1.82, 2.24) is 19.6 Å². The van der Waals surface area contributed by atoms with Crippen LogP contribution in [-0.2, 0) is 4.79 Å². The number of benzene rings is 2. The van der Waals surface area contributed by atoms with Crippen molar-refractivity contribution in [1.29, 1.82) is 0 Å². The second-order valence-corrected chi connectivity index (χ2v) is 9.31. The first-order valence-corrected chi connectivity index (χ1v) is 12.2. The third-order valence-electron chi connectivity index (χ3n) is 7.18. The third-order valence-corrected chi connectivity index (χ3v) is 7.18. The zero-order valence-corrected chi connectivity index (χ0v) is 20.2. The van der Waals surface area contributed by atoms with Crippen LogP contribution in [0.1, 0.15) is 23.1 Å². The van der Waals surface area contributed by atoms with Crippen molar-refractivity contribution in [3.63, 3.8) is 0 Å². The number of rotatable bonds is 5. The number of aromatic nitrogens is 2. The van der Waals surface area contributed by atoms with E-state index in [1.807, 2.05) is 34.0 Å². The van der Waals surface area contributed by atoms with Gasteiger partial charge in [-0.25, -0.2) is 4.68 Å². The third kappa shape index (κ3) is 4.77. The van der Waals surface area contributed by atoms with E-state index in [0.717, 1.165) is 56.9 Å². The van der Waals surface area contributed by atoms with Gasteiger partial charge in [0.25, 0.3) is 0 Å². The lowest BCUT2D eigenvalue weighted by Gasteiger charge is -2.38. The van der Waals surface area contributed by atoms with Gasteiger partial charge in [0.05, 0.1) is 18.4 Å². The second kappa shape index (κ2) is 9.85. The molecule has 0 saturated carbocycles. The lowest BCUT2D eigenvalue weighted by Crippen LogP contribution is -2.51. The SMILES string of the molecule is Cc1cccc(N2CCN(C(=O)CN3CC=C(c4cnn(-c5ccccc5)c4)CC3)CC2)c1C. The van der Waals surface area contributed by atoms with Gasteiger partial charge in [-0.15, -0.1) is 0 Å². The van der Waals surface area contributed by atoms with E-state index in [0.29, 0.717) is 6.54 Å². The maximum atomic E-state index is 13.0. The van der Waals surface area contributed by atoms with Gasteiger partial charge in [0.15, 0.2) is 0 Å². The summed E-state index contributed by atoms with van der Waals surface area (Å²) in [4.78, 5) is 19.7. The largest absolute Gasteiger partial charge is 0.368 e. The van der Waals surface area contributed by atoms with Gasteiger partial charge in [0.2, 0.25) is 5.91 Å². The Morgan fingerprint density at radius 1 is 0.941 bits per heavy atom. The molecule has 2 aliphatic heterocycles. The van der Waals surface area contributed by atoms with Gasteiger partial charge in [-0.2, -0.15) is 5.10 Å². The van der Waals surface area contributed by atoms with Crippen LogP contribution in [0.5, 0.6) is 0 Å². The Morgan fingerprint density at radius 3 is 2.47 bits per heavy atom. The number of anilines is 1. The zero-order chi connectivity index (χ0) is 23.5. The van der Waals surface area contributed by atoms with Crippen molar-refractivity contribution in [3.05, 3.63) is 83.7 Å². The van der Waals surface area contributed by atoms with Crippen LogP contribution >= 0.6 is 0 Å². The molecule has 0 spiro atoms. The van der Waals surface area contributed by atoms with Crippen LogP contribution in [0.3, 0.4) is 0 Å². The van der Waals surface area contributed by atoms with Crippen LogP contribution in [0.25, 0.3) is 11.3 Å². The quantitative estimate of drug-likeness (QED) is 0.585. The Labute approximate surface area is 202 Å². The average molecular weight is 456 g/mol. The second-order valence-electron chi connectivity index (χ2n) is 9.31. The molecular formula is C28H33N5O. The van der Waals surface area contributed by atoms with Crippen molar-refractivity contribution in [3.8, 4) is 5.69 Å². The molecule has 0 N–H and O–H groups in total. The molecule has 3 heterocycles. The molecule has 0 bridgehead atoms. The number of nitrogens with zero attached hydrogens (tertiary/aromatic N) is 5. The number of hydrogen-bond acceptors (Lipinski definition) is 4. The topological polar surface area (TPSA) is 44.6 Å². The molecule has 2 aliphatic rings. The van der Waals surface area contributed by atoms with Crippen molar-refractivity contribution < 1.29 is 4.79 Å². The normalized spacial score (nSPS) is 17.1. The number of carbonyl (C=O) groups is 1. The standard InChI is InChI=1S/C28H33N5O/c1-22-7-6-10-27(23(22)2)31-15-17-32(18-16-31)28(34)21-30-13-11-24(12-14-30)25-19-29-33(20-25)26-8-4-3-5-9-26/h3-11,19-20H,12-18,21H2,1-2H3. The summed E-state index contributed by atoms with van der Waals surface area (Å²) in [5.74, 6) is 0.245. The number of carbonyl (C=O) groups excluding carboxylic acids is 1. The predicted molar refractivity (Wildman–Crippen MR) is 137 cm³/mol. The maximum Gasteiger partial charge on any atom is 0.236 e. The molecule has 34 heavy (non-hydrogen) atoms. The molecule has 0 radical (unpaired) electrons. The Hall–Kier alpha value is -3.38. The molecule has 0 atom stereocenters. The Bertz CT molecular complexity index is 1170. The first-order chi connectivity index (χ1) is 16.6. The molecule has 1 amide bonds. The van der Waals surface area contributed by atoms with Gasteiger partial charge in [0, 0.05) is 56.7 Å². The summed E-state index contributed by atoms with van der Waals surface area (Å²) in [5, 5.41) is 4.53. The number of hydrogen-bond donors (Lipinski definition) is 0. The van der Waals surface area contributed by atoms with Gasteiger partial charge in [-0.05, 0) is 55.2 Å². The fraction of sp³-hybridized carbons (Fsp3) is 0.357. The fourth-order valence-corrected chi connectivity index (χ4v) is 4.89. The lowest BCUT2D eigenvalue weighted by molar-refractivity contribution is -0.132. The highest BCUT2D eigenvalue weighted by molar-refractivity contribution is 5.79. The highest BCUT2D eigenvalue weighted by Crippen LogP contribution is 2.25. The summed E-state index contributed by atoms with van der Waals surface area (Å²) < 4.78 is 1.92. The molecule has 1 saturated heterocycles. The lowest BCUT2D eigenvalue weighted by atomic mass is 10.0. The Morgan fingerprint density at radius 2 is 1.74 bits per heavy atom. The van der Waals surface area contributed by atoms with E-state index in [2.05, 4.69) is 71.4 Å². The first kappa shape index (κ1) is 22.4. The summed E-state index contributed by atoms with van der Waals surface area (Å²) >= 11 is 0. The number of amides is 1. The molecule has 1 fully saturated rings. The van der Waals surface area contributed by atoms with E-state index < -0.39 is 0 Å². The highest BCUT2D eigenvalue weighted by Gasteiger charge is 2.24. The van der Waals surface area contributed by atoms with Gasteiger partial charge in [-0.1, -0.05) is 36.4 Å². The smallest absolute Gasteiger partial charge is 0.236 e. The highest BCUT2D eigenvalue weighted by atomic mass is 16.2. The van der Waals surface area contributed by atoms with Crippen molar-refractivity contribution in [2.45, 2.75) is 20.3 Å². The summed E-state index contributed by atoms with van der Waals surface area (Å²) in [5.41, 5.74) is 7.50. The minimum atomic E-state index is 0.245. The predicted octanol–water partition coefficient (Wildman–Crippen LogP) is 3.93. The zero-order valence-electron chi connectivity index (χ0n) is 20.2. The van der Waals surface area contributed by atoms with E-state index in [1.54, 1.807) is 0 Å². The average Bonchev–Trinajstić information content (AvgIpc) is 3.37. The number of para-hydroxylation sites is 1. The van der Waals surface area contributed by atoms with Crippen LogP contribution in [-0.4, -0.2) is 71.3 Å². The van der Waals surface area contributed by atoms with Gasteiger partial charge in [-0.3, -0.25) is 9.69 Å². The summed E-state index contributed by atoms with van der Waals surface area (Å²) in [6, 6.07) is 16.7. The van der Waals surface area contributed by atoms with E-state index in [4.69, 9.17) is 0 Å². The molecule has 0 unspecified atom stereocenters. The number of aryl methyl sites for hydroxylation is 1. The molecule has 2 aromatic carbocycles. The molecule has 6 heteroatoms. The Kier molecular flexibility index (Phi) is 6.50. The summed E-state index contributed by atoms with van der Waals surface area (Å²) in [7, 11) is 0. The van der Waals surface area contributed by atoms with Crippen LogP contribution in [0.4, 0.5) is 5.69 Å². The first-order valence-electron chi connectivity index (χ1n) is 12.2. The fourth-order valence-electron chi connectivity index (χ4n) is 4.89. The van der Waals surface area contributed by atoms with Gasteiger partial charge in [0.1, 0.15) is 0 Å². The van der Waals surface area contributed by atoms with Crippen molar-refractivity contribution in [2.24, 2.45) is 0 Å². The van der Waals surface area contributed by atoms with E-state index in [9.17, 15) is 4.79 Å². The van der Waals surface area contributed by atoms with Crippen LogP contribution in [0.2, 0.25) is 0 Å². The minimum Gasteiger partial charge on any atom is -0.368 e. The molecule has 6 nitrogen and oxygen atoms in total. The summed E-state index contributed by atoms with van der Waals surface area (Å²) in [6.07, 6.45) is 7.22. The monoisotopic (exact) mass is 455 g/mol. The maximum absolute atomic E-state index is 13.0. The van der Waals surface area contributed by atoms with Gasteiger partial charge >= 0.3 is 0 Å². The van der Waals surface area contributed by atoms with E-state index in [-0.39, 0.29) is 5.91 Å². The minimum absolute atomic E-state index is 0.245. The van der Waals surface area contributed by atoms with Crippen molar-refractivity contribution in [2.75, 3.05) is 50.7 Å². The number of piperazine rings is 1.